The first-order chi connectivity index (χ1) is 11.0. The number of aryl methyl sites for hydroxylation is 1. The smallest absolute Gasteiger partial charge is 0.240 e. The van der Waals surface area contributed by atoms with Crippen molar-refractivity contribution in [2.24, 2.45) is 0 Å². The van der Waals surface area contributed by atoms with Crippen LogP contribution in [0.1, 0.15) is 31.0 Å². The van der Waals surface area contributed by atoms with Crippen molar-refractivity contribution in [2.45, 2.75) is 26.8 Å². The fourth-order valence-corrected chi connectivity index (χ4v) is 2.36. The average Bonchev–Trinajstić information content (AvgIpc) is 2.54. The molecule has 1 N–H and O–H groups in total. The van der Waals surface area contributed by atoms with E-state index >= 15 is 0 Å². The summed E-state index contributed by atoms with van der Waals surface area (Å²) in [5.41, 5.74) is 2.87. The summed E-state index contributed by atoms with van der Waals surface area (Å²) in [6, 6.07) is 17.2. The van der Waals surface area contributed by atoms with E-state index in [0.717, 1.165) is 16.8 Å². The Morgan fingerprint density at radius 3 is 2.22 bits per heavy atom. The largest absolute Gasteiger partial charge is 0.348 e. The second-order valence-electron chi connectivity index (χ2n) is 5.64. The minimum absolute atomic E-state index is 0.00949. The summed E-state index contributed by atoms with van der Waals surface area (Å²) in [6.45, 7) is 5.39. The van der Waals surface area contributed by atoms with Gasteiger partial charge in [0.05, 0.1) is 6.04 Å². The van der Waals surface area contributed by atoms with Crippen molar-refractivity contribution in [1.82, 2.24) is 5.32 Å². The Hall–Kier alpha value is -2.62. The average molecular weight is 310 g/mol. The van der Waals surface area contributed by atoms with Gasteiger partial charge in [-0.1, -0.05) is 48.0 Å². The minimum Gasteiger partial charge on any atom is -0.348 e. The van der Waals surface area contributed by atoms with Crippen LogP contribution < -0.4 is 10.2 Å². The number of anilines is 1. The number of rotatable bonds is 5. The zero-order valence-electron chi connectivity index (χ0n) is 13.7. The van der Waals surface area contributed by atoms with Crippen LogP contribution in [-0.4, -0.2) is 18.4 Å². The zero-order chi connectivity index (χ0) is 16.8. The van der Waals surface area contributed by atoms with Gasteiger partial charge in [0.15, 0.2) is 0 Å². The Bertz CT molecular complexity index is 666. The molecule has 4 heteroatoms. The summed E-state index contributed by atoms with van der Waals surface area (Å²) in [4.78, 5) is 25.6. The van der Waals surface area contributed by atoms with Gasteiger partial charge in [0, 0.05) is 12.6 Å². The van der Waals surface area contributed by atoms with Crippen LogP contribution in [0.3, 0.4) is 0 Å². The van der Waals surface area contributed by atoms with Crippen LogP contribution in [-0.2, 0) is 9.59 Å². The molecule has 23 heavy (non-hydrogen) atoms. The summed E-state index contributed by atoms with van der Waals surface area (Å²) < 4.78 is 0. The topological polar surface area (TPSA) is 49.4 Å². The number of hydrogen-bond donors (Lipinski definition) is 1. The van der Waals surface area contributed by atoms with Gasteiger partial charge >= 0.3 is 0 Å². The highest BCUT2D eigenvalue weighted by molar-refractivity contribution is 5.97. The van der Waals surface area contributed by atoms with E-state index in [0.29, 0.717) is 0 Å². The molecule has 0 fully saturated rings. The van der Waals surface area contributed by atoms with Crippen LogP contribution in [0.25, 0.3) is 0 Å². The van der Waals surface area contributed by atoms with E-state index in [4.69, 9.17) is 0 Å². The van der Waals surface area contributed by atoms with Gasteiger partial charge in [-0.3, -0.25) is 9.59 Å². The third-order valence-corrected chi connectivity index (χ3v) is 3.70. The first-order valence-corrected chi connectivity index (χ1v) is 7.66. The number of nitrogens with one attached hydrogen (secondary N) is 1. The lowest BCUT2D eigenvalue weighted by molar-refractivity contribution is -0.123. The van der Waals surface area contributed by atoms with Gasteiger partial charge < -0.3 is 10.2 Å². The lowest BCUT2D eigenvalue weighted by Gasteiger charge is -2.22. The Balaban J connectivity index is 2.04. The summed E-state index contributed by atoms with van der Waals surface area (Å²) >= 11 is 0. The summed E-state index contributed by atoms with van der Waals surface area (Å²) in [6.07, 6.45) is 0. The van der Waals surface area contributed by atoms with Crippen LogP contribution in [0.4, 0.5) is 5.69 Å². The molecule has 1 unspecified atom stereocenters. The standard InChI is InChI=1S/C19H22N2O2/c1-14-9-11-18(12-10-14)21(16(3)22)13-19(23)20-15(2)17-7-5-4-6-8-17/h4-12,15H,13H2,1-3H3,(H,20,23). The molecule has 1 atom stereocenters. The molecule has 0 aliphatic heterocycles. The molecule has 0 radical (unpaired) electrons. The third kappa shape index (κ3) is 4.68. The van der Waals surface area contributed by atoms with Crippen LogP contribution in [0.15, 0.2) is 54.6 Å². The molecule has 0 bridgehead atoms. The van der Waals surface area contributed by atoms with Crippen molar-refractivity contribution in [1.29, 1.82) is 0 Å². The molecule has 2 amide bonds. The van der Waals surface area contributed by atoms with Crippen LogP contribution in [0, 0.1) is 6.92 Å². The van der Waals surface area contributed by atoms with E-state index < -0.39 is 0 Å². The number of amides is 2. The highest BCUT2D eigenvalue weighted by Gasteiger charge is 2.17. The van der Waals surface area contributed by atoms with Crippen molar-refractivity contribution < 1.29 is 9.59 Å². The maximum absolute atomic E-state index is 12.3. The second kappa shape index (κ2) is 7.58. The van der Waals surface area contributed by atoms with E-state index in [-0.39, 0.29) is 24.4 Å². The molecule has 0 aromatic heterocycles. The SMILES string of the molecule is CC(=O)N(CC(=O)NC(C)c1ccccc1)c1ccc(C)cc1. The van der Waals surface area contributed by atoms with Crippen LogP contribution in [0.2, 0.25) is 0 Å². The molecule has 0 aliphatic rings. The van der Waals surface area contributed by atoms with Gasteiger partial charge in [-0.15, -0.1) is 0 Å². The lowest BCUT2D eigenvalue weighted by Crippen LogP contribution is -2.40. The highest BCUT2D eigenvalue weighted by atomic mass is 16.2. The molecule has 2 aromatic carbocycles. The summed E-state index contributed by atoms with van der Waals surface area (Å²) in [5.74, 6) is -0.339. The van der Waals surface area contributed by atoms with Crippen molar-refractivity contribution in [3.8, 4) is 0 Å². The fourth-order valence-electron chi connectivity index (χ4n) is 2.36. The first-order valence-electron chi connectivity index (χ1n) is 7.66. The van der Waals surface area contributed by atoms with Gasteiger partial charge in [0.2, 0.25) is 11.8 Å². The van der Waals surface area contributed by atoms with E-state index in [1.54, 1.807) is 0 Å². The van der Waals surface area contributed by atoms with Crippen molar-refractivity contribution in [2.75, 3.05) is 11.4 Å². The number of carbonyl (C=O) groups is 2. The van der Waals surface area contributed by atoms with Gasteiger partial charge in [-0.2, -0.15) is 0 Å². The number of benzene rings is 2. The maximum atomic E-state index is 12.3. The summed E-state index contributed by atoms with van der Waals surface area (Å²) in [5, 5.41) is 2.93. The number of hydrogen-bond acceptors (Lipinski definition) is 2. The Kier molecular flexibility index (Phi) is 5.52. The van der Waals surface area contributed by atoms with Crippen LogP contribution >= 0.6 is 0 Å². The van der Waals surface area contributed by atoms with Crippen molar-refractivity contribution in [3.63, 3.8) is 0 Å². The van der Waals surface area contributed by atoms with E-state index in [1.807, 2.05) is 68.4 Å². The molecule has 0 heterocycles. The molecule has 2 rings (SSSR count). The molecule has 4 nitrogen and oxygen atoms in total. The predicted octanol–water partition coefficient (Wildman–Crippen LogP) is 3.23. The van der Waals surface area contributed by atoms with E-state index in [2.05, 4.69) is 5.32 Å². The zero-order valence-corrected chi connectivity index (χ0v) is 13.7. The Morgan fingerprint density at radius 2 is 1.65 bits per heavy atom. The highest BCUT2D eigenvalue weighted by Crippen LogP contribution is 2.16. The molecular formula is C19H22N2O2. The Morgan fingerprint density at radius 1 is 1.04 bits per heavy atom. The van der Waals surface area contributed by atoms with Gasteiger partial charge in [0.1, 0.15) is 6.54 Å². The number of nitrogens with zero attached hydrogens (tertiary/aromatic N) is 1. The lowest BCUT2D eigenvalue weighted by atomic mass is 10.1. The van der Waals surface area contributed by atoms with E-state index in [9.17, 15) is 9.59 Å². The molecular weight excluding hydrogens is 288 g/mol. The van der Waals surface area contributed by atoms with Crippen molar-refractivity contribution >= 4 is 17.5 Å². The first kappa shape index (κ1) is 16.7. The quantitative estimate of drug-likeness (QED) is 0.922. The minimum atomic E-state index is -0.183. The van der Waals surface area contributed by atoms with Gasteiger partial charge in [-0.05, 0) is 31.5 Å². The molecule has 2 aromatic rings. The maximum Gasteiger partial charge on any atom is 0.240 e. The normalized spacial score (nSPS) is 11.6. The monoisotopic (exact) mass is 310 g/mol. The van der Waals surface area contributed by atoms with Gasteiger partial charge in [-0.25, -0.2) is 0 Å². The molecule has 0 saturated carbocycles. The Labute approximate surface area is 137 Å². The second-order valence-corrected chi connectivity index (χ2v) is 5.64. The van der Waals surface area contributed by atoms with E-state index in [1.165, 1.54) is 11.8 Å². The number of carbonyl (C=O) groups excluding carboxylic acids is 2. The molecule has 0 saturated heterocycles. The van der Waals surface area contributed by atoms with Crippen LogP contribution in [0.5, 0.6) is 0 Å². The third-order valence-electron chi connectivity index (χ3n) is 3.70. The van der Waals surface area contributed by atoms with Gasteiger partial charge in [0.25, 0.3) is 0 Å². The fraction of sp³-hybridized carbons (Fsp3) is 0.263. The molecule has 0 aliphatic carbocycles. The summed E-state index contributed by atoms with van der Waals surface area (Å²) in [7, 11) is 0. The molecule has 0 spiro atoms. The van der Waals surface area contributed by atoms with Crippen molar-refractivity contribution in [3.05, 3.63) is 65.7 Å². The predicted molar refractivity (Wildman–Crippen MR) is 92.2 cm³/mol. The molecule has 120 valence electrons.